The number of carbonyl (C=O) groups excluding carboxylic acids is 1. The fourth-order valence-corrected chi connectivity index (χ4v) is 5.60. The van der Waals surface area contributed by atoms with E-state index in [0.717, 1.165) is 37.1 Å². The summed E-state index contributed by atoms with van der Waals surface area (Å²) in [6, 6.07) is 17.7. The van der Waals surface area contributed by atoms with Crippen molar-refractivity contribution in [2.75, 3.05) is 0 Å². The second-order valence-electron chi connectivity index (χ2n) is 8.04. The van der Waals surface area contributed by atoms with Crippen LogP contribution in [0.15, 0.2) is 82.6 Å². The van der Waals surface area contributed by atoms with Gasteiger partial charge in [-0.25, -0.2) is 13.2 Å². The summed E-state index contributed by atoms with van der Waals surface area (Å²) in [7, 11) is -4.09. The minimum Gasteiger partial charge on any atom is -0.423 e. The molecule has 1 saturated carbocycles. The molecule has 4 rings (SSSR count). The maximum Gasteiger partial charge on any atom is 0.344 e. The molecule has 3 aromatic carbocycles. The Labute approximate surface area is 192 Å². The van der Waals surface area contributed by atoms with Gasteiger partial charge in [0.15, 0.2) is 0 Å². The summed E-state index contributed by atoms with van der Waals surface area (Å²) in [6.07, 6.45) is 6.04. The van der Waals surface area contributed by atoms with Crippen LogP contribution in [-0.4, -0.2) is 19.3 Å². The van der Waals surface area contributed by atoms with Crippen molar-refractivity contribution in [2.24, 2.45) is 0 Å². The Bertz CT molecular complexity index is 1260. The predicted molar refractivity (Wildman–Crippen MR) is 122 cm³/mol. The van der Waals surface area contributed by atoms with E-state index < -0.39 is 20.7 Å². The topological polar surface area (TPSA) is 104 Å². The zero-order chi connectivity index (χ0) is 23.4. The maximum absolute atomic E-state index is 13.1. The van der Waals surface area contributed by atoms with Gasteiger partial charge in [-0.05, 0) is 60.7 Å². The molecule has 0 radical (unpaired) electrons. The van der Waals surface area contributed by atoms with Crippen LogP contribution in [0.25, 0.3) is 0 Å². The van der Waals surface area contributed by atoms with Crippen LogP contribution < -0.4 is 4.74 Å². The van der Waals surface area contributed by atoms with Gasteiger partial charge < -0.3 is 4.74 Å². The molecule has 0 heterocycles. The lowest BCUT2D eigenvalue weighted by molar-refractivity contribution is -0.384. The van der Waals surface area contributed by atoms with Crippen molar-refractivity contribution < 1.29 is 22.9 Å². The smallest absolute Gasteiger partial charge is 0.344 e. The normalized spacial score (nSPS) is 14.5. The third kappa shape index (κ3) is 4.96. The molecule has 1 aliphatic carbocycles. The van der Waals surface area contributed by atoms with E-state index in [1.807, 2.05) is 12.1 Å². The van der Waals surface area contributed by atoms with Crippen molar-refractivity contribution in [2.45, 2.75) is 47.8 Å². The molecule has 8 heteroatoms. The molecule has 0 saturated heterocycles. The zero-order valence-electron chi connectivity index (χ0n) is 17.8. The maximum atomic E-state index is 13.1. The van der Waals surface area contributed by atoms with E-state index >= 15 is 0 Å². The first-order chi connectivity index (χ1) is 15.9. The lowest BCUT2D eigenvalue weighted by Gasteiger charge is -2.22. The molecule has 0 N–H and O–H groups in total. The van der Waals surface area contributed by atoms with E-state index in [1.54, 1.807) is 18.2 Å². The molecule has 0 amide bonds. The fraction of sp³-hybridized carbons (Fsp3) is 0.240. The summed E-state index contributed by atoms with van der Waals surface area (Å²) in [4.78, 5) is 22.7. The Morgan fingerprint density at radius 1 is 0.879 bits per heavy atom. The quantitative estimate of drug-likeness (QED) is 0.200. The largest absolute Gasteiger partial charge is 0.423 e. The third-order valence-electron chi connectivity index (χ3n) is 5.92. The predicted octanol–water partition coefficient (Wildman–Crippen LogP) is 5.69. The second-order valence-corrected chi connectivity index (χ2v) is 9.96. The summed E-state index contributed by atoms with van der Waals surface area (Å²) < 4.78 is 31.7. The Morgan fingerprint density at radius 3 is 2.15 bits per heavy atom. The molecular weight excluding hydrogens is 442 g/mol. The highest BCUT2D eigenvalue weighted by atomic mass is 32.2. The lowest BCUT2D eigenvalue weighted by Crippen LogP contribution is -2.14. The molecule has 0 bridgehead atoms. The molecule has 7 nitrogen and oxygen atoms in total. The van der Waals surface area contributed by atoms with Gasteiger partial charge in [0.2, 0.25) is 9.84 Å². The fourth-order valence-electron chi connectivity index (χ4n) is 4.15. The highest BCUT2D eigenvalue weighted by Gasteiger charge is 2.26. The van der Waals surface area contributed by atoms with Gasteiger partial charge in [0.25, 0.3) is 5.69 Å². The summed E-state index contributed by atoms with van der Waals surface area (Å²) in [5.41, 5.74) is 0.890. The molecular formula is C25H23NO6S. The van der Waals surface area contributed by atoms with Crippen LogP contribution in [0.3, 0.4) is 0 Å². The van der Waals surface area contributed by atoms with Gasteiger partial charge in [0, 0.05) is 12.1 Å². The molecule has 170 valence electrons. The Hall–Kier alpha value is -3.52. The van der Waals surface area contributed by atoms with E-state index in [-0.39, 0.29) is 21.0 Å². The SMILES string of the molecule is O=C(Oc1ccc(C2CCCCC2)cc1)c1ccccc1S(=O)(=O)c1ccc([N+](=O)[O-])cc1. The molecule has 3 aromatic rings. The molecule has 0 spiro atoms. The van der Waals surface area contributed by atoms with Crippen LogP contribution >= 0.6 is 0 Å². The molecule has 0 aliphatic heterocycles. The van der Waals surface area contributed by atoms with Crippen molar-refractivity contribution in [3.63, 3.8) is 0 Å². The molecule has 33 heavy (non-hydrogen) atoms. The molecule has 1 fully saturated rings. The number of sulfone groups is 1. The van der Waals surface area contributed by atoms with E-state index in [9.17, 15) is 23.3 Å². The molecule has 0 unspecified atom stereocenters. The van der Waals surface area contributed by atoms with E-state index in [4.69, 9.17) is 4.74 Å². The number of benzene rings is 3. The standard InChI is InChI=1S/C25H23NO6S/c27-25(32-21-14-10-19(11-15-21)18-6-2-1-3-7-18)23-8-4-5-9-24(23)33(30,31)22-16-12-20(13-17-22)26(28)29/h4-5,8-18H,1-3,6-7H2. The first-order valence-corrected chi connectivity index (χ1v) is 12.3. The van der Waals surface area contributed by atoms with E-state index in [2.05, 4.69) is 0 Å². The van der Waals surface area contributed by atoms with E-state index in [1.165, 1.54) is 43.0 Å². The minimum absolute atomic E-state index is 0.104. The van der Waals surface area contributed by atoms with Gasteiger partial charge in [-0.3, -0.25) is 10.1 Å². The van der Waals surface area contributed by atoms with Crippen LogP contribution in [0.4, 0.5) is 5.69 Å². The minimum atomic E-state index is -4.09. The Morgan fingerprint density at radius 2 is 1.52 bits per heavy atom. The van der Waals surface area contributed by atoms with Crippen LogP contribution in [0, 0.1) is 10.1 Å². The number of carbonyl (C=O) groups is 1. The van der Waals surface area contributed by atoms with Crippen molar-refractivity contribution in [1.82, 2.24) is 0 Å². The number of ether oxygens (including phenoxy) is 1. The van der Waals surface area contributed by atoms with Crippen molar-refractivity contribution in [1.29, 1.82) is 0 Å². The van der Waals surface area contributed by atoms with Gasteiger partial charge >= 0.3 is 5.97 Å². The van der Waals surface area contributed by atoms with Gasteiger partial charge in [0.1, 0.15) is 5.75 Å². The van der Waals surface area contributed by atoms with E-state index in [0.29, 0.717) is 11.7 Å². The number of non-ortho nitro benzene ring substituents is 1. The number of nitro groups is 1. The molecule has 0 aromatic heterocycles. The third-order valence-corrected chi connectivity index (χ3v) is 7.75. The number of hydrogen-bond donors (Lipinski definition) is 0. The Kier molecular flexibility index (Phi) is 6.55. The second kappa shape index (κ2) is 9.54. The van der Waals surface area contributed by atoms with Crippen LogP contribution in [-0.2, 0) is 9.84 Å². The van der Waals surface area contributed by atoms with Gasteiger partial charge in [0.05, 0.1) is 20.3 Å². The lowest BCUT2D eigenvalue weighted by atomic mass is 9.84. The first kappa shape index (κ1) is 22.7. The van der Waals surface area contributed by atoms with Crippen LogP contribution in [0.5, 0.6) is 5.75 Å². The highest BCUT2D eigenvalue weighted by molar-refractivity contribution is 7.91. The number of rotatable bonds is 6. The average molecular weight is 466 g/mol. The first-order valence-electron chi connectivity index (χ1n) is 10.8. The number of nitrogens with zero attached hydrogens (tertiary/aromatic N) is 1. The van der Waals surface area contributed by atoms with Gasteiger partial charge in [-0.1, -0.05) is 43.5 Å². The summed E-state index contributed by atoms with van der Waals surface area (Å²) in [5.74, 6) is 0.0691. The average Bonchev–Trinajstić information content (AvgIpc) is 2.85. The van der Waals surface area contributed by atoms with Crippen molar-refractivity contribution >= 4 is 21.5 Å². The van der Waals surface area contributed by atoms with Crippen molar-refractivity contribution in [3.05, 3.63) is 94.0 Å². The number of nitro benzene ring substituents is 1. The van der Waals surface area contributed by atoms with Crippen molar-refractivity contribution in [3.8, 4) is 5.75 Å². The summed E-state index contributed by atoms with van der Waals surface area (Å²) in [5, 5.41) is 10.9. The number of esters is 1. The number of hydrogen-bond acceptors (Lipinski definition) is 6. The van der Waals surface area contributed by atoms with Crippen LogP contribution in [0.1, 0.15) is 53.9 Å². The summed E-state index contributed by atoms with van der Waals surface area (Å²) in [6.45, 7) is 0. The highest BCUT2D eigenvalue weighted by Crippen LogP contribution is 2.33. The Balaban J connectivity index is 1.56. The molecule has 0 atom stereocenters. The molecule has 1 aliphatic rings. The van der Waals surface area contributed by atoms with Gasteiger partial charge in [-0.2, -0.15) is 0 Å². The zero-order valence-corrected chi connectivity index (χ0v) is 18.7. The van der Waals surface area contributed by atoms with Gasteiger partial charge in [-0.15, -0.1) is 0 Å². The summed E-state index contributed by atoms with van der Waals surface area (Å²) >= 11 is 0. The van der Waals surface area contributed by atoms with Crippen LogP contribution in [0.2, 0.25) is 0 Å². The monoisotopic (exact) mass is 465 g/mol.